The Morgan fingerprint density at radius 1 is 1.04 bits per heavy atom. The zero-order chi connectivity index (χ0) is 17.8. The van der Waals surface area contributed by atoms with Crippen LogP contribution in [0.1, 0.15) is 23.7 Å². The molecule has 7 nitrogen and oxygen atoms in total. The van der Waals surface area contributed by atoms with Crippen LogP contribution in [-0.4, -0.2) is 24.3 Å². The van der Waals surface area contributed by atoms with Crippen LogP contribution in [-0.2, 0) is 9.59 Å². The van der Waals surface area contributed by atoms with Crippen molar-refractivity contribution in [3.63, 3.8) is 0 Å². The van der Waals surface area contributed by atoms with E-state index in [4.69, 9.17) is 4.74 Å². The molecule has 0 fully saturated rings. The van der Waals surface area contributed by atoms with E-state index in [1.807, 2.05) is 0 Å². The SMILES string of the molecule is CC(=O)Nc1ccc(C(=O)Nc2ccc3c(c2)NC(=O)CCO3)cc1. The quantitative estimate of drug-likeness (QED) is 0.801. The van der Waals surface area contributed by atoms with Gasteiger partial charge in [0.25, 0.3) is 5.91 Å². The highest BCUT2D eigenvalue weighted by Crippen LogP contribution is 2.30. The topological polar surface area (TPSA) is 96.5 Å². The molecule has 1 aliphatic heterocycles. The molecule has 1 heterocycles. The molecule has 25 heavy (non-hydrogen) atoms. The molecule has 0 atom stereocenters. The maximum absolute atomic E-state index is 12.3. The van der Waals surface area contributed by atoms with Gasteiger partial charge in [0.1, 0.15) is 5.75 Å². The van der Waals surface area contributed by atoms with E-state index in [1.165, 1.54) is 6.92 Å². The highest BCUT2D eigenvalue weighted by Gasteiger charge is 2.15. The molecule has 0 unspecified atom stereocenters. The fourth-order valence-electron chi connectivity index (χ4n) is 2.41. The second kappa shape index (κ2) is 7.04. The first kappa shape index (κ1) is 16.5. The number of anilines is 3. The van der Waals surface area contributed by atoms with E-state index in [0.29, 0.717) is 35.0 Å². The molecule has 0 spiro atoms. The molecular formula is C18H17N3O4. The Bertz CT molecular complexity index is 831. The third-order valence-corrected chi connectivity index (χ3v) is 3.57. The predicted molar refractivity (Wildman–Crippen MR) is 93.9 cm³/mol. The molecule has 0 saturated heterocycles. The van der Waals surface area contributed by atoms with Gasteiger partial charge in [-0.25, -0.2) is 0 Å². The van der Waals surface area contributed by atoms with Gasteiger partial charge in [-0.15, -0.1) is 0 Å². The maximum Gasteiger partial charge on any atom is 0.255 e. The average molecular weight is 339 g/mol. The van der Waals surface area contributed by atoms with Crippen molar-refractivity contribution in [1.82, 2.24) is 0 Å². The molecular weight excluding hydrogens is 322 g/mol. The lowest BCUT2D eigenvalue weighted by Crippen LogP contribution is -2.13. The second-order valence-corrected chi connectivity index (χ2v) is 5.57. The first-order valence-electron chi connectivity index (χ1n) is 7.77. The Morgan fingerprint density at radius 3 is 2.48 bits per heavy atom. The summed E-state index contributed by atoms with van der Waals surface area (Å²) < 4.78 is 5.48. The number of nitrogens with one attached hydrogen (secondary N) is 3. The van der Waals surface area contributed by atoms with Crippen LogP contribution in [0.25, 0.3) is 0 Å². The summed E-state index contributed by atoms with van der Waals surface area (Å²) in [6, 6.07) is 11.6. The minimum atomic E-state index is -0.296. The standard InChI is InChI=1S/C18H17N3O4/c1-11(22)19-13-4-2-12(3-5-13)18(24)20-14-6-7-16-15(10-14)21-17(23)8-9-25-16/h2-7,10H,8-9H2,1H3,(H,19,22)(H,20,24)(H,21,23). The summed E-state index contributed by atoms with van der Waals surface area (Å²) in [6.45, 7) is 1.74. The number of hydrogen-bond donors (Lipinski definition) is 3. The van der Waals surface area contributed by atoms with Crippen molar-refractivity contribution in [2.45, 2.75) is 13.3 Å². The molecule has 7 heteroatoms. The lowest BCUT2D eigenvalue weighted by atomic mass is 10.2. The lowest BCUT2D eigenvalue weighted by molar-refractivity contribution is -0.116. The van der Waals surface area contributed by atoms with Crippen molar-refractivity contribution in [3.05, 3.63) is 48.0 Å². The lowest BCUT2D eigenvalue weighted by Gasteiger charge is -2.11. The van der Waals surface area contributed by atoms with Crippen LogP contribution in [0, 0.1) is 0 Å². The molecule has 0 aliphatic carbocycles. The van der Waals surface area contributed by atoms with E-state index in [2.05, 4.69) is 16.0 Å². The van der Waals surface area contributed by atoms with Crippen LogP contribution in [0.3, 0.4) is 0 Å². The van der Waals surface area contributed by atoms with Crippen LogP contribution in [0.4, 0.5) is 17.1 Å². The Morgan fingerprint density at radius 2 is 1.76 bits per heavy atom. The number of benzene rings is 2. The van der Waals surface area contributed by atoms with E-state index >= 15 is 0 Å². The minimum Gasteiger partial charge on any atom is -0.491 e. The van der Waals surface area contributed by atoms with Gasteiger partial charge >= 0.3 is 0 Å². The van der Waals surface area contributed by atoms with Crippen LogP contribution < -0.4 is 20.7 Å². The van der Waals surface area contributed by atoms with Gasteiger partial charge in [-0.3, -0.25) is 14.4 Å². The van der Waals surface area contributed by atoms with Gasteiger partial charge in [-0.2, -0.15) is 0 Å². The summed E-state index contributed by atoms with van der Waals surface area (Å²) in [5, 5.41) is 8.16. The highest BCUT2D eigenvalue weighted by atomic mass is 16.5. The van der Waals surface area contributed by atoms with E-state index in [-0.39, 0.29) is 24.1 Å². The Balaban J connectivity index is 1.72. The highest BCUT2D eigenvalue weighted by molar-refractivity contribution is 6.05. The summed E-state index contributed by atoms with van der Waals surface area (Å²) >= 11 is 0. The number of amides is 3. The number of ether oxygens (including phenoxy) is 1. The van der Waals surface area contributed by atoms with Crippen molar-refractivity contribution in [1.29, 1.82) is 0 Å². The van der Waals surface area contributed by atoms with Gasteiger partial charge in [0, 0.05) is 23.9 Å². The monoisotopic (exact) mass is 339 g/mol. The fraction of sp³-hybridized carbons (Fsp3) is 0.167. The van der Waals surface area contributed by atoms with Gasteiger partial charge in [-0.05, 0) is 42.5 Å². The number of fused-ring (bicyclic) bond motifs is 1. The zero-order valence-electron chi connectivity index (χ0n) is 13.6. The zero-order valence-corrected chi connectivity index (χ0v) is 13.6. The fourth-order valence-corrected chi connectivity index (χ4v) is 2.41. The Kier molecular flexibility index (Phi) is 4.65. The van der Waals surface area contributed by atoms with Gasteiger partial charge in [0.05, 0.1) is 18.7 Å². The number of hydrogen-bond acceptors (Lipinski definition) is 4. The number of carbonyl (C=O) groups is 3. The summed E-state index contributed by atoms with van der Waals surface area (Å²) in [4.78, 5) is 34.9. The van der Waals surface area contributed by atoms with Crippen molar-refractivity contribution >= 4 is 34.8 Å². The summed E-state index contributed by atoms with van der Waals surface area (Å²) in [5.41, 5.74) is 2.14. The molecule has 0 radical (unpaired) electrons. The van der Waals surface area contributed by atoms with E-state index < -0.39 is 0 Å². The van der Waals surface area contributed by atoms with E-state index in [1.54, 1.807) is 42.5 Å². The summed E-state index contributed by atoms with van der Waals surface area (Å²) in [7, 11) is 0. The van der Waals surface area contributed by atoms with Crippen molar-refractivity contribution in [3.8, 4) is 5.75 Å². The summed E-state index contributed by atoms with van der Waals surface area (Å²) in [5.74, 6) is -0.0269. The molecule has 3 amide bonds. The van der Waals surface area contributed by atoms with Crippen LogP contribution >= 0.6 is 0 Å². The molecule has 0 bridgehead atoms. The van der Waals surface area contributed by atoms with E-state index in [0.717, 1.165) is 0 Å². The van der Waals surface area contributed by atoms with Crippen molar-refractivity contribution in [2.75, 3.05) is 22.6 Å². The molecule has 128 valence electrons. The average Bonchev–Trinajstić information content (AvgIpc) is 2.75. The van der Waals surface area contributed by atoms with Gasteiger partial charge in [0.2, 0.25) is 11.8 Å². The molecule has 0 aromatic heterocycles. The largest absolute Gasteiger partial charge is 0.491 e. The molecule has 3 N–H and O–H groups in total. The minimum absolute atomic E-state index is 0.129. The molecule has 2 aromatic rings. The van der Waals surface area contributed by atoms with Gasteiger partial charge < -0.3 is 20.7 Å². The summed E-state index contributed by atoms with van der Waals surface area (Å²) in [6.07, 6.45) is 0.289. The predicted octanol–water partition coefficient (Wildman–Crippen LogP) is 2.62. The van der Waals surface area contributed by atoms with Crippen LogP contribution in [0.5, 0.6) is 5.75 Å². The van der Waals surface area contributed by atoms with Crippen LogP contribution in [0.2, 0.25) is 0 Å². The van der Waals surface area contributed by atoms with Crippen molar-refractivity contribution in [2.24, 2.45) is 0 Å². The third kappa shape index (κ3) is 4.14. The smallest absolute Gasteiger partial charge is 0.255 e. The number of carbonyl (C=O) groups excluding carboxylic acids is 3. The molecule has 2 aromatic carbocycles. The van der Waals surface area contributed by atoms with E-state index in [9.17, 15) is 14.4 Å². The maximum atomic E-state index is 12.3. The normalized spacial score (nSPS) is 12.9. The first-order valence-corrected chi connectivity index (χ1v) is 7.77. The van der Waals surface area contributed by atoms with Gasteiger partial charge in [-0.1, -0.05) is 0 Å². The molecule has 0 saturated carbocycles. The Labute approximate surface area is 144 Å². The molecule has 1 aliphatic rings. The molecule has 3 rings (SSSR count). The van der Waals surface area contributed by atoms with Crippen LogP contribution in [0.15, 0.2) is 42.5 Å². The second-order valence-electron chi connectivity index (χ2n) is 5.57. The Hall–Kier alpha value is -3.35. The van der Waals surface area contributed by atoms with Gasteiger partial charge in [0.15, 0.2) is 0 Å². The van der Waals surface area contributed by atoms with Crippen molar-refractivity contribution < 1.29 is 19.1 Å². The first-order chi connectivity index (χ1) is 12.0. The third-order valence-electron chi connectivity index (χ3n) is 3.57. The number of rotatable bonds is 3.